The minimum absolute atomic E-state index is 0.114. The summed E-state index contributed by atoms with van der Waals surface area (Å²) in [5.41, 5.74) is 1.35. The van der Waals surface area contributed by atoms with Crippen LogP contribution in [0.5, 0.6) is 0 Å². The average Bonchev–Trinajstić information content (AvgIpc) is 4.19. The summed E-state index contributed by atoms with van der Waals surface area (Å²) in [7, 11) is 0. The van der Waals surface area contributed by atoms with Gasteiger partial charge in [-0.15, -0.1) is 0 Å². The summed E-state index contributed by atoms with van der Waals surface area (Å²) >= 11 is 0. The number of fused-ring (bicyclic) bond motifs is 7. The number of nitrogens with zero attached hydrogens (tertiary/aromatic N) is 6. The van der Waals surface area contributed by atoms with Crippen LogP contribution < -0.4 is 22.8 Å². The summed E-state index contributed by atoms with van der Waals surface area (Å²) in [6.07, 6.45) is 6.90. The molecule has 64 heavy (non-hydrogen) atoms. The summed E-state index contributed by atoms with van der Waals surface area (Å²) in [5, 5.41) is 0. The molecule has 13 rings (SSSR count). The molecule has 0 radical (unpaired) electrons. The third-order valence-corrected chi connectivity index (χ3v) is 15.4. The van der Waals surface area contributed by atoms with Gasteiger partial charge in [0.15, 0.2) is 0 Å². The van der Waals surface area contributed by atoms with Gasteiger partial charge >= 0.3 is 22.8 Å². The highest BCUT2D eigenvalue weighted by Crippen LogP contribution is 2.78. The number of rotatable bonds is 8. The fourth-order valence-electron chi connectivity index (χ4n) is 13.3. The monoisotopic (exact) mass is 838 g/mol. The zero-order chi connectivity index (χ0) is 43.0. The second-order valence-corrected chi connectivity index (χ2v) is 18.0. The van der Waals surface area contributed by atoms with Crippen molar-refractivity contribution in [1.82, 2.24) is 27.9 Å². The molecule has 10 heteroatoms. The number of benzene rings is 6. The van der Waals surface area contributed by atoms with Crippen molar-refractivity contribution in [1.29, 1.82) is 0 Å². The summed E-state index contributed by atoms with van der Waals surface area (Å²) in [5.74, 6) is -0.860. The predicted molar refractivity (Wildman–Crippen MR) is 243 cm³/mol. The molecule has 0 amide bonds. The maximum Gasteiger partial charge on any atom is 0.348 e. The van der Waals surface area contributed by atoms with Crippen LogP contribution in [0.3, 0.4) is 0 Å². The third-order valence-electron chi connectivity index (χ3n) is 15.4. The van der Waals surface area contributed by atoms with Crippen LogP contribution in [0.15, 0.2) is 225 Å². The first-order valence-electron chi connectivity index (χ1n) is 22.0. The maximum atomic E-state index is 15.5. The second-order valence-electron chi connectivity index (χ2n) is 18.0. The molecule has 8 aromatic rings. The van der Waals surface area contributed by atoms with E-state index in [1.807, 2.05) is 133 Å². The van der Waals surface area contributed by atoms with Crippen molar-refractivity contribution in [2.24, 2.45) is 23.2 Å². The van der Waals surface area contributed by atoms with Crippen molar-refractivity contribution < 1.29 is 0 Å². The predicted octanol–water partition coefficient (Wildman–Crippen LogP) is 6.78. The number of hydrogen-bond acceptors (Lipinski definition) is 4. The molecule has 6 atom stereocenters. The first-order valence-corrected chi connectivity index (χ1v) is 22.0. The molecule has 312 valence electrons. The van der Waals surface area contributed by atoms with E-state index in [9.17, 15) is 0 Å². The van der Waals surface area contributed by atoms with Gasteiger partial charge < -0.3 is 0 Å². The normalized spacial score (nSPS) is 24.5. The summed E-state index contributed by atoms with van der Waals surface area (Å²) in [6, 6.07) is 58.7. The summed E-state index contributed by atoms with van der Waals surface area (Å²) in [4.78, 5) is 61.6. The molecule has 2 aromatic heterocycles. The van der Waals surface area contributed by atoms with Gasteiger partial charge in [0.25, 0.3) is 0 Å². The summed E-state index contributed by atoms with van der Waals surface area (Å²) in [6.45, 7) is 0.235. The van der Waals surface area contributed by atoms with Crippen LogP contribution >= 0.6 is 0 Å². The van der Waals surface area contributed by atoms with Gasteiger partial charge in [0, 0.05) is 11.8 Å². The fourth-order valence-corrected chi connectivity index (χ4v) is 13.3. The van der Waals surface area contributed by atoms with Crippen molar-refractivity contribution in [3.05, 3.63) is 281 Å². The lowest BCUT2D eigenvalue weighted by Crippen LogP contribution is -2.54. The zero-order valence-electron chi connectivity index (χ0n) is 34.7. The minimum atomic E-state index is -1.20. The van der Waals surface area contributed by atoms with Crippen LogP contribution in [0.4, 0.5) is 0 Å². The molecular weight excluding hydrogens is 797 g/mol. The lowest BCUT2D eigenvalue weighted by atomic mass is 9.57. The van der Waals surface area contributed by atoms with Crippen molar-refractivity contribution in [3.63, 3.8) is 0 Å². The summed E-state index contributed by atoms with van der Waals surface area (Å²) < 4.78 is 9.81. The molecule has 0 saturated heterocycles. The molecule has 6 aromatic carbocycles. The first kappa shape index (κ1) is 36.9. The molecule has 5 aliphatic rings. The Labute approximate surface area is 367 Å². The van der Waals surface area contributed by atoms with Crippen LogP contribution in [0.1, 0.15) is 45.5 Å². The van der Waals surface area contributed by atoms with E-state index in [4.69, 9.17) is 0 Å². The Bertz CT molecular complexity index is 3380. The highest BCUT2D eigenvalue weighted by molar-refractivity contribution is 5.59. The Morgan fingerprint density at radius 1 is 0.453 bits per heavy atom. The van der Waals surface area contributed by atoms with E-state index in [1.165, 1.54) is 9.13 Å². The number of hydrogen-bond donors (Lipinski definition) is 0. The molecule has 1 fully saturated rings. The van der Waals surface area contributed by atoms with Gasteiger partial charge in [0.05, 0.1) is 30.6 Å². The molecule has 4 heterocycles. The molecule has 1 saturated carbocycles. The number of aromatic nitrogens is 6. The van der Waals surface area contributed by atoms with Crippen molar-refractivity contribution in [2.75, 3.05) is 0 Å². The fraction of sp³-hybridized carbons (Fsp3) is 0.185. The topological polar surface area (TPSA) is 97.9 Å². The van der Waals surface area contributed by atoms with Gasteiger partial charge in [-0.05, 0) is 44.9 Å². The first-order chi connectivity index (χ1) is 31.4. The Kier molecular flexibility index (Phi) is 7.58. The Hall–Kier alpha value is -7.72. The van der Waals surface area contributed by atoms with Crippen molar-refractivity contribution in [2.45, 2.75) is 36.3 Å². The Morgan fingerprint density at radius 3 is 1.36 bits per heavy atom. The van der Waals surface area contributed by atoms with E-state index in [-0.39, 0.29) is 47.9 Å². The minimum Gasteiger partial charge on any atom is -0.246 e. The van der Waals surface area contributed by atoms with E-state index in [0.29, 0.717) is 0 Å². The van der Waals surface area contributed by atoms with E-state index in [2.05, 4.69) is 66.8 Å². The largest absolute Gasteiger partial charge is 0.348 e. The van der Waals surface area contributed by atoms with E-state index >= 15 is 19.2 Å². The van der Waals surface area contributed by atoms with Gasteiger partial charge in [0.2, 0.25) is 0 Å². The highest BCUT2D eigenvalue weighted by Gasteiger charge is 2.80. The average molecular weight is 839 g/mol. The molecule has 2 bridgehead atoms. The van der Waals surface area contributed by atoms with Gasteiger partial charge in [-0.25, -0.2) is 47.0 Å². The molecule has 0 spiro atoms. The van der Waals surface area contributed by atoms with Crippen LogP contribution in [0, 0.1) is 23.2 Å². The van der Waals surface area contributed by atoms with E-state index < -0.39 is 34.3 Å². The van der Waals surface area contributed by atoms with Crippen LogP contribution in [-0.4, -0.2) is 27.9 Å². The van der Waals surface area contributed by atoms with Gasteiger partial charge in [-0.3, -0.25) is 0 Å². The molecule has 2 unspecified atom stereocenters. The molecule has 2 aliphatic heterocycles. The molecule has 0 N–H and O–H groups in total. The third kappa shape index (κ3) is 4.30. The van der Waals surface area contributed by atoms with E-state index in [0.717, 1.165) is 39.0 Å². The van der Waals surface area contributed by atoms with Crippen LogP contribution in [0.25, 0.3) is 0 Å². The molecular formula is C54H42N6O4. The second kappa shape index (κ2) is 13.2. The molecule has 3 aliphatic carbocycles. The van der Waals surface area contributed by atoms with Gasteiger partial charge in [0.1, 0.15) is 11.1 Å². The standard InChI is InChI=1S/C54H42N6O4/c61-48-55(34-36-19-7-1-8-20-36)50(63)59-53(38-23-11-3-12-24-38,39-25-13-4-14-26-39)44-33-43-45(46(44)57(48)59)42-31-32-52(43)47(42)58-49(62)56(35-37-21-9-2-10-22-37)51(64)60(58)54(52,40-27-15-5-16-28-40)41-29-17-6-18-30-41/h1-33,42-43,45-47H,34-35H2/t42-,43-,45-,46?,47?,52-/m0/s1. The quantitative estimate of drug-likeness (QED) is 0.158. The Balaban J connectivity index is 1.13. The van der Waals surface area contributed by atoms with Gasteiger partial charge in [-0.2, -0.15) is 0 Å². The SMILES string of the molecule is O=c1n(Cc2ccccc2)c(=O)n2n1C1C(=C[C@H]3[C@@H]1[C@@H]1C=C[C@@]34C1n1c(=O)n(Cc3ccccc3)c(=O)n1C4(c1ccccc1)c1ccccc1)C2(c1ccccc1)c1ccccc1. The highest BCUT2D eigenvalue weighted by atomic mass is 16.2. The maximum absolute atomic E-state index is 15.5. The van der Waals surface area contributed by atoms with Crippen molar-refractivity contribution >= 4 is 0 Å². The van der Waals surface area contributed by atoms with Crippen molar-refractivity contribution in [3.8, 4) is 0 Å². The number of allylic oxidation sites excluding steroid dienone is 4. The lowest BCUT2D eigenvalue weighted by Gasteiger charge is -2.47. The van der Waals surface area contributed by atoms with E-state index in [1.54, 1.807) is 18.7 Å². The molecule has 10 nitrogen and oxygen atoms in total. The lowest BCUT2D eigenvalue weighted by molar-refractivity contribution is 0.144. The smallest absolute Gasteiger partial charge is 0.246 e. The van der Waals surface area contributed by atoms with Crippen LogP contribution in [-0.2, 0) is 24.2 Å². The Morgan fingerprint density at radius 2 is 0.875 bits per heavy atom. The van der Waals surface area contributed by atoms with Gasteiger partial charge in [-0.1, -0.05) is 200 Å². The van der Waals surface area contributed by atoms with Crippen LogP contribution in [0.2, 0.25) is 0 Å². The zero-order valence-corrected chi connectivity index (χ0v) is 34.7.